The first-order valence-corrected chi connectivity index (χ1v) is 22.3. The number of carbonyl (C=O) groups excluding carboxylic acids is 4. The molecule has 3 fully saturated rings. The van der Waals surface area contributed by atoms with E-state index in [-0.39, 0.29) is 48.4 Å². The summed E-state index contributed by atoms with van der Waals surface area (Å²) >= 11 is 7.76. The zero-order valence-corrected chi connectivity index (χ0v) is 37.1. The molecular weight excluding hydrogens is 922 g/mol. The fourth-order valence-electron chi connectivity index (χ4n) is 10.7. The van der Waals surface area contributed by atoms with Gasteiger partial charge in [-0.3, -0.25) is 23.9 Å². The summed E-state index contributed by atoms with van der Waals surface area (Å²) < 4.78 is 92.5. The molecule has 2 aromatic heterocycles. The molecule has 2 aliphatic heterocycles. The summed E-state index contributed by atoms with van der Waals surface area (Å²) in [7, 11) is 1.59. The number of alkyl halides is 6. The largest absolute Gasteiger partial charge is 0.508 e. The van der Waals surface area contributed by atoms with Crippen molar-refractivity contribution < 1.29 is 55.4 Å². The van der Waals surface area contributed by atoms with Gasteiger partial charge >= 0.3 is 12.4 Å². The van der Waals surface area contributed by atoms with Gasteiger partial charge in [-0.15, -0.1) is 11.3 Å². The number of ether oxygens (including phenoxy) is 1. The summed E-state index contributed by atoms with van der Waals surface area (Å²) in [6, 6.07) is 21.5. The fourth-order valence-corrected chi connectivity index (χ4v) is 12.0. The zero-order valence-electron chi connectivity index (χ0n) is 35.6. The summed E-state index contributed by atoms with van der Waals surface area (Å²) in [5, 5.41) is 18.1. The van der Waals surface area contributed by atoms with Crippen molar-refractivity contribution in [1.29, 1.82) is 0 Å². The highest BCUT2D eigenvalue weighted by Gasteiger charge is 2.68. The van der Waals surface area contributed by atoms with Crippen molar-refractivity contribution in [2.45, 2.75) is 51.6 Å². The van der Waals surface area contributed by atoms with Crippen LogP contribution in [0, 0.1) is 36.0 Å². The van der Waals surface area contributed by atoms with Crippen molar-refractivity contribution in [2.75, 3.05) is 9.80 Å². The van der Waals surface area contributed by atoms with E-state index in [9.17, 15) is 41.0 Å². The summed E-state index contributed by atoms with van der Waals surface area (Å²) in [4.78, 5) is 61.4. The Kier molecular flexibility index (Phi) is 10.3. The second-order valence-corrected chi connectivity index (χ2v) is 19.1. The number of aromatic hydroxyl groups is 1. The number of carbonyl (C=O) groups is 4. The third-order valence-electron chi connectivity index (χ3n) is 13.9. The first-order valence-electron chi connectivity index (χ1n) is 21.1. The molecule has 2 aliphatic carbocycles. The number of aromatic nitrogens is 2. The van der Waals surface area contributed by atoms with Gasteiger partial charge in [0.2, 0.25) is 23.6 Å². The van der Waals surface area contributed by atoms with Crippen LogP contribution in [0.5, 0.6) is 11.5 Å². The summed E-state index contributed by atoms with van der Waals surface area (Å²) in [6.45, 7) is 3.68. The van der Waals surface area contributed by atoms with Crippen LogP contribution in [0.3, 0.4) is 0 Å². The van der Waals surface area contributed by atoms with E-state index in [1.807, 2.05) is 49.4 Å². The molecule has 67 heavy (non-hydrogen) atoms. The molecule has 6 unspecified atom stereocenters. The molecule has 4 aromatic carbocycles. The number of halogens is 7. The van der Waals surface area contributed by atoms with E-state index in [1.54, 1.807) is 44.3 Å². The predicted octanol–water partition coefficient (Wildman–Crippen LogP) is 11.0. The Morgan fingerprint density at radius 2 is 1.55 bits per heavy atom. The first-order chi connectivity index (χ1) is 31.7. The number of phenols is 1. The molecule has 10 rings (SSSR count). The summed E-state index contributed by atoms with van der Waals surface area (Å²) in [5.41, 5.74) is -3.11. The number of phenolic OH excluding ortho intramolecular Hbond substituents is 1. The van der Waals surface area contributed by atoms with Crippen molar-refractivity contribution >= 4 is 68.2 Å². The molecule has 4 amide bonds. The van der Waals surface area contributed by atoms with Gasteiger partial charge in [0.25, 0.3) is 0 Å². The summed E-state index contributed by atoms with van der Waals surface area (Å²) in [5.74, 6) is -9.12. The SMILES string of the molecule is Cc1c(-c2cc(N3C(=O)C4CC5C(=CCC6C(=O)N(c7cc(C(F)(F)F)cc(C(F)(F)F)c7)C(=O)C65)C(c5ccc(OCc6ccccc6)cc5O)C4(C)C3=O)n(C)n2)sc2ccc(Cl)cc12. The normalized spacial score (nSPS) is 24.0. The molecule has 1 saturated carbocycles. The number of allylic oxidation sites excluding steroid dienone is 2. The second-order valence-electron chi connectivity index (χ2n) is 17.6. The molecule has 4 aliphatic rings. The van der Waals surface area contributed by atoms with Gasteiger partial charge < -0.3 is 9.84 Å². The Balaban J connectivity index is 1.07. The molecule has 10 nitrogen and oxygen atoms in total. The lowest BCUT2D eigenvalue weighted by molar-refractivity contribution is -0.143. The van der Waals surface area contributed by atoms with Gasteiger partial charge in [0.1, 0.15) is 29.6 Å². The number of rotatable bonds is 7. The van der Waals surface area contributed by atoms with Gasteiger partial charge in [-0.1, -0.05) is 59.6 Å². The van der Waals surface area contributed by atoms with Gasteiger partial charge in [-0.05, 0) is 91.6 Å². The third-order valence-corrected chi connectivity index (χ3v) is 15.4. The highest BCUT2D eigenvalue weighted by Crippen LogP contribution is 2.65. The fraction of sp³-hybridized carbons (Fsp3) is 0.286. The number of hydrogen-bond acceptors (Lipinski definition) is 8. The van der Waals surface area contributed by atoms with E-state index in [1.165, 1.54) is 22.1 Å². The lowest BCUT2D eigenvalue weighted by Gasteiger charge is -2.49. The van der Waals surface area contributed by atoms with Crippen molar-refractivity contribution in [3.05, 3.63) is 135 Å². The molecule has 0 radical (unpaired) electrons. The standard InChI is InChI=1S/C49H37ClF6N4O6S/c1-23-33-18-27(50)9-14-38(33)67-42(23)36-21-39(58(3)57-36)60-44(63)35-20-34-30(41(47(35,2)46(60)65)31-11-10-29(19-37(31)61)66-22-24-7-5-4-6-8-24)12-13-32-40(34)45(64)59(43(32)62)28-16-25(48(51,52)53)15-26(17-28)49(54,55)56/h4-12,14-19,21,32,34-35,40-41,61H,13,20,22H2,1-3H3. The van der Waals surface area contributed by atoms with Crippen LogP contribution in [-0.4, -0.2) is 38.5 Å². The number of imide groups is 2. The lowest BCUT2D eigenvalue weighted by atomic mass is 9.51. The minimum atomic E-state index is -5.25. The lowest BCUT2D eigenvalue weighted by Crippen LogP contribution is -2.49. The van der Waals surface area contributed by atoms with Crippen LogP contribution in [-0.2, 0) is 45.2 Å². The monoisotopic (exact) mass is 958 g/mol. The number of hydrogen-bond donors (Lipinski definition) is 1. The Hall–Kier alpha value is -6.46. The molecular formula is C49H37ClF6N4O6S. The Morgan fingerprint density at radius 3 is 2.22 bits per heavy atom. The minimum absolute atomic E-state index is 0.0857. The van der Waals surface area contributed by atoms with E-state index in [2.05, 4.69) is 0 Å². The molecule has 6 atom stereocenters. The van der Waals surface area contributed by atoms with E-state index in [4.69, 9.17) is 21.4 Å². The van der Waals surface area contributed by atoms with Crippen LogP contribution >= 0.6 is 22.9 Å². The maximum absolute atomic E-state index is 15.3. The van der Waals surface area contributed by atoms with Gasteiger partial charge in [0.15, 0.2) is 0 Å². The Morgan fingerprint density at radius 1 is 0.851 bits per heavy atom. The van der Waals surface area contributed by atoms with Gasteiger partial charge in [-0.2, -0.15) is 31.4 Å². The smallest absolute Gasteiger partial charge is 0.416 e. The molecule has 1 N–H and O–H groups in total. The van der Waals surface area contributed by atoms with E-state index < -0.39 is 87.8 Å². The van der Waals surface area contributed by atoms with Gasteiger partial charge in [0.05, 0.1) is 44.9 Å². The number of amides is 4. The van der Waals surface area contributed by atoms with Crippen LogP contribution in [0.15, 0.2) is 103 Å². The van der Waals surface area contributed by atoms with Crippen molar-refractivity contribution in [3.63, 3.8) is 0 Å². The maximum atomic E-state index is 15.3. The molecule has 344 valence electrons. The molecule has 0 spiro atoms. The second kappa shape index (κ2) is 15.6. The number of aryl methyl sites for hydroxylation is 2. The van der Waals surface area contributed by atoms with Crippen LogP contribution in [0.25, 0.3) is 20.7 Å². The van der Waals surface area contributed by atoms with E-state index in [0.29, 0.717) is 33.3 Å². The first kappa shape index (κ1) is 44.4. The number of anilines is 2. The number of nitrogens with zero attached hydrogens (tertiary/aromatic N) is 4. The highest BCUT2D eigenvalue weighted by molar-refractivity contribution is 7.22. The minimum Gasteiger partial charge on any atom is -0.508 e. The maximum Gasteiger partial charge on any atom is 0.416 e. The Bertz CT molecular complexity index is 3100. The van der Waals surface area contributed by atoms with Crippen molar-refractivity contribution in [2.24, 2.45) is 36.1 Å². The average Bonchev–Trinajstić information content (AvgIpc) is 3.95. The third kappa shape index (κ3) is 7.02. The molecule has 0 bridgehead atoms. The van der Waals surface area contributed by atoms with E-state index in [0.717, 1.165) is 31.0 Å². The molecule has 18 heteroatoms. The molecule has 4 heterocycles. The van der Waals surface area contributed by atoms with Crippen molar-refractivity contribution in [1.82, 2.24) is 9.78 Å². The van der Waals surface area contributed by atoms with Crippen LogP contribution in [0.1, 0.15) is 53.5 Å². The highest BCUT2D eigenvalue weighted by atomic mass is 35.5. The van der Waals surface area contributed by atoms with Crippen LogP contribution in [0.2, 0.25) is 5.02 Å². The van der Waals surface area contributed by atoms with Crippen LogP contribution in [0.4, 0.5) is 37.8 Å². The van der Waals surface area contributed by atoms with Gasteiger partial charge in [-0.25, -0.2) is 9.80 Å². The number of thiophene rings is 1. The van der Waals surface area contributed by atoms with E-state index >= 15 is 9.59 Å². The van der Waals surface area contributed by atoms with Crippen molar-refractivity contribution in [3.8, 4) is 22.1 Å². The quantitative estimate of drug-likeness (QED) is 0.0960. The van der Waals surface area contributed by atoms with Crippen LogP contribution < -0.4 is 14.5 Å². The number of fused-ring (bicyclic) bond motifs is 5. The zero-order chi connectivity index (χ0) is 47.6. The topological polar surface area (TPSA) is 122 Å². The molecule has 6 aromatic rings. The average molecular weight is 959 g/mol. The number of benzene rings is 4. The molecule has 2 saturated heterocycles. The predicted molar refractivity (Wildman–Crippen MR) is 236 cm³/mol. The summed E-state index contributed by atoms with van der Waals surface area (Å²) in [6.07, 6.45) is -9.22. The Labute approximate surface area is 387 Å². The van der Waals surface area contributed by atoms with Gasteiger partial charge in [0, 0.05) is 40.4 Å².